The molecule has 0 aliphatic heterocycles. The number of aromatic nitrogens is 1. The summed E-state index contributed by atoms with van der Waals surface area (Å²) in [5.74, 6) is 0.429. The molecule has 0 saturated heterocycles. The van der Waals surface area contributed by atoms with Crippen LogP contribution in [0.2, 0.25) is 0 Å². The molecule has 0 fully saturated rings. The summed E-state index contributed by atoms with van der Waals surface area (Å²) < 4.78 is 5.75. The first kappa shape index (κ1) is 17.1. The zero-order valence-corrected chi connectivity index (χ0v) is 15.3. The molecular formula is C24H20N2O. The van der Waals surface area contributed by atoms with Crippen molar-refractivity contribution in [2.75, 3.05) is 6.61 Å². The molecule has 3 nitrogen and oxygen atoms in total. The van der Waals surface area contributed by atoms with Crippen molar-refractivity contribution in [3.8, 4) is 23.1 Å². The Morgan fingerprint density at radius 2 is 1.74 bits per heavy atom. The minimum Gasteiger partial charge on any atom is -0.477 e. The van der Waals surface area contributed by atoms with Gasteiger partial charge in [-0.3, -0.25) is 0 Å². The van der Waals surface area contributed by atoms with Crippen LogP contribution in [0.25, 0.3) is 22.8 Å². The van der Waals surface area contributed by atoms with E-state index in [4.69, 9.17) is 9.72 Å². The zero-order chi connectivity index (χ0) is 18.6. The molecule has 1 aliphatic rings. The van der Waals surface area contributed by atoms with Gasteiger partial charge in [-0.05, 0) is 48.1 Å². The summed E-state index contributed by atoms with van der Waals surface area (Å²) in [7, 11) is 0. The second-order valence-corrected chi connectivity index (χ2v) is 6.49. The molecule has 0 bridgehead atoms. The van der Waals surface area contributed by atoms with E-state index >= 15 is 0 Å². The summed E-state index contributed by atoms with van der Waals surface area (Å²) in [6.45, 7) is 2.39. The molecule has 0 unspecified atom stereocenters. The van der Waals surface area contributed by atoms with Crippen LogP contribution in [0.15, 0.2) is 60.7 Å². The van der Waals surface area contributed by atoms with Crippen molar-refractivity contribution in [3.05, 3.63) is 83.0 Å². The Labute approximate surface area is 159 Å². The quantitative estimate of drug-likeness (QED) is 0.622. The van der Waals surface area contributed by atoms with Crippen molar-refractivity contribution in [2.24, 2.45) is 0 Å². The highest BCUT2D eigenvalue weighted by Crippen LogP contribution is 2.42. The fourth-order valence-corrected chi connectivity index (χ4v) is 3.65. The first-order chi connectivity index (χ1) is 13.3. The average Bonchev–Trinajstić information content (AvgIpc) is 3.11. The van der Waals surface area contributed by atoms with E-state index in [2.05, 4.69) is 24.3 Å². The molecule has 3 heteroatoms. The number of hydrogen-bond donors (Lipinski definition) is 0. The lowest BCUT2D eigenvalue weighted by Crippen LogP contribution is -2.04. The van der Waals surface area contributed by atoms with E-state index in [0.29, 0.717) is 18.1 Å². The summed E-state index contributed by atoms with van der Waals surface area (Å²) in [5.41, 5.74) is 6.98. The molecular weight excluding hydrogens is 332 g/mol. The van der Waals surface area contributed by atoms with Crippen LogP contribution < -0.4 is 4.74 Å². The van der Waals surface area contributed by atoms with E-state index in [0.717, 1.165) is 40.8 Å². The number of ether oxygens (including phenoxy) is 1. The maximum absolute atomic E-state index is 9.83. The van der Waals surface area contributed by atoms with Crippen LogP contribution >= 0.6 is 0 Å². The highest BCUT2D eigenvalue weighted by molar-refractivity contribution is 5.89. The van der Waals surface area contributed by atoms with E-state index in [-0.39, 0.29) is 0 Å². The van der Waals surface area contributed by atoms with Crippen molar-refractivity contribution >= 4 is 11.6 Å². The van der Waals surface area contributed by atoms with Crippen molar-refractivity contribution in [1.29, 1.82) is 5.26 Å². The van der Waals surface area contributed by atoms with Gasteiger partial charge in [0.1, 0.15) is 11.6 Å². The van der Waals surface area contributed by atoms with Gasteiger partial charge in [0.15, 0.2) is 0 Å². The van der Waals surface area contributed by atoms with Gasteiger partial charge in [0.05, 0.1) is 12.3 Å². The lowest BCUT2D eigenvalue weighted by molar-refractivity contribution is 0.325. The van der Waals surface area contributed by atoms with Crippen LogP contribution in [0.1, 0.15) is 35.7 Å². The van der Waals surface area contributed by atoms with Crippen LogP contribution in [0.4, 0.5) is 0 Å². The standard InChI is InChI=1S/C24H20N2O/c1-2-27-24-21(16-25)22(18-11-7-4-8-12-18)20-14-13-19(23(20)26-24)15-17-9-5-3-6-10-17/h3-12,15H,2,13-14H2,1H3. The molecule has 0 radical (unpaired) electrons. The Hall–Kier alpha value is -3.38. The number of nitriles is 1. The van der Waals surface area contributed by atoms with E-state index in [1.165, 1.54) is 5.57 Å². The second-order valence-electron chi connectivity index (χ2n) is 6.49. The maximum Gasteiger partial charge on any atom is 0.232 e. The summed E-state index contributed by atoms with van der Waals surface area (Å²) in [6.07, 6.45) is 3.99. The van der Waals surface area contributed by atoms with Crippen LogP contribution in [0.3, 0.4) is 0 Å². The minimum absolute atomic E-state index is 0.429. The van der Waals surface area contributed by atoms with Gasteiger partial charge >= 0.3 is 0 Å². The third kappa shape index (κ3) is 3.22. The molecule has 27 heavy (non-hydrogen) atoms. The van der Waals surface area contributed by atoms with Crippen molar-refractivity contribution in [1.82, 2.24) is 4.98 Å². The van der Waals surface area contributed by atoms with E-state index in [9.17, 15) is 5.26 Å². The third-order valence-electron chi connectivity index (χ3n) is 4.81. The number of pyridine rings is 1. The number of rotatable bonds is 4. The van der Waals surface area contributed by atoms with Crippen molar-refractivity contribution in [3.63, 3.8) is 0 Å². The van der Waals surface area contributed by atoms with Crippen LogP contribution in [0.5, 0.6) is 5.88 Å². The molecule has 0 amide bonds. The number of hydrogen-bond acceptors (Lipinski definition) is 3. The van der Waals surface area contributed by atoms with Crippen LogP contribution in [0, 0.1) is 11.3 Å². The highest BCUT2D eigenvalue weighted by Gasteiger charge is 2.27. The number of fused-ring (bicyclic) bond motifs is 1. The van der Waals surface area contributed by atoms with E-state index in [1.807, 2.05) is 55.5 Å². The highest BCUT2D eigenvalue weighted by atomic mass is 16.5. The molecule has 1 aliphatic carbocycles. The minimum atomic E-state index is 0.429. The molecule has 132 valence electrons. The van der Waals surface area contributed by atoms with Gasteiger partial charge in [-0.25, -0.2) is 4.98 Å². The van der Waals surface area contributed by atoms with Gasteiger partial charge < -0.3 is 4.74 Å². The number of allylic oxidation sites excluding steroid dienone is 1. The Kier molecular flexibility index (Phi) is 4.72. The van der Waals surface area contributed by atoms with E-state index in [1.54, 1.807) is 0 Å². The largest absolute Gasteiger partial charge is 0.477 e. The summed E-state index contributed by atoms with van der Waals surface area (Å²) in [6, 6.07) is 22.7. The fraction of sp³-hybridized carbons (Fsp3) is 0.167. The van der Waals surface area contributed by atoms with Gasteiger partial charge in [-0.15, -0.1) is 0 Å². The lowest BCUT2D eigenvalue weighted by atomic mass is 9.95. The molecule has 0 atom stereocenters. The summed E-state index contributed by atoms with van der Waals surface area (Å²) in [5, 5.41) is 9.83. The van der Waals surface area contributed by atoms with Gasteiger partial charge in [-0.2, -0.15) is 5.26 Å². The first-order valence-electron chi connectivity index (χ1n) is 9.23. The predicted molar refractivity (Wildman–Crippen MR) is 108 cm³/mol. The normalized spacial score (nSPS) is 14.0. The Balaban J connectivity index is 1.94. The van der Waals surface area contributed by atoms with Gasteiger partial charge in [0, 0.05) is 5.56 Å². The maximum atomic E-state index is 9.83. The summed E-state index contributed by atoms with van der Waals surface area (Å²) >= 11 is 0. The third-order valence-corrected chi connectivity index (χ3v) is 4.81. The number of nitrogens with zero attached hydrogens (tertiary/aromatic N) is 2. The molecule has 4 rings (SSSR count). The molecule has 3 aromatic rings. The Morgan fingerprint density at radius 3 is 2.41 bits per heavy atom. The SMILES string of the molecule is CCOc1nc2c(c(-c3ccccc3)c1C#N)CCC2=Cc1ccccc1. The molecule has 2 aromatic carbocycles. The lowest BCUT2D eigenvalue weighted by Gasteiger charge is -2.15. The van der Waals surface area contributed by atoms with Crippen molar-refractivity contribution < 1.29 is 4.74 Å². The van der Waals surface area contributed by atoms with Gasteiger partial charge in [-0.1, -0.05) is 60.7 Å². The second kappa shape index (κ2) is 7.47. The van der Waals surface area contributed by atoms with Gasteiger partial charge in [0.25, 0.3) is 0 Å². The topological polar surface area (TPSA) is 45.9 Å². The molecule has 1 aromatic heterocycles. The average molecular weight is 352 g/mol. The molecule has 0 N–H and O–H groups in total. The zero-order valence-electron chi connectivity index (χ0n) is 15.3. The smallest absolute Gasteiger partial charge is 0.232 e. The molecule has 0 spiro atoms. The Bertz CT molecular complexity index is 1030. The van der Waals surface area contributed by atoms with Gasteiger partial charge in [0.2, 0.25) is 5.88 Å². The van der Waals surface area contributed by atoms with E-state index < -0.39 is 0 Å². The Morgan fingerprint density at radius 1 is 1.04 bits per heavy atom. The first-order valence-corrected chi connectivity index (χ1v) is 9.23. The fourth-order valence-electron chi connectivity index (χ4n) is 3.65. The van der Waals surface area contributed by atoms with Crippen LogP contribution in [-0.2, 0) is 6.42 Å². The predicted octanol–water partition coefficient (Wildman–Crippen LogP) is 5.51. The molecule has 0 saturated carbocycles. The molecule has 1 heterocycles. The van der Waals surface area contributed by atoms with Crippen LogP contribution in [-0.4, -0.2) is 11.6 Å². The van der Waals surface area contributed by atoms with Crippen molar-refractivity contribution in [2.45, 2.75) is 19.8 Å². The summed E-state index contributed by atoms with van der Waals surface area (Å²) in [4.78, 5) is 4.76. The number of benzene rings is 2. The monoisotopic (exact) mass is 352 g/mol.